The average Bonchev–Trinajstić information content (AvgIpc) is 2.24. The summed E-state index contributed by atoms with van der Waals surface area (Å²) in [6, 6.07) is 1.82. The van der Waals surface area contributed by atoms with Gasteiger partial charge in [-0.3, -0.25) is 0 Å². The minimum absolute atomic E-state index is 0.0552. The molecule has 0 spiro atoms. The third-order valence-electron chi connectivity index (χ3n) is 2.44. The third kappa shape index (κ3) is 6.62. The van der Waals surface area contributed by atoms with Gasteiger partial charge in [-0.1, -0.05) is 20.8 Å². The van der Waals surface area contributed by atoms with E-state index in [1.807, 2.05) is 19.9 Å². The van der Waals surface area contributed by atoms with Gasteiger partial charge in [0.05, 0.1) is 12.0 Å². The quantitative estimate of drug-likeness (QED) is 0.811. The van der Waals surface area contributed by atoms with Gasteiger partial charge in [0, 0.05) is 18.3 Å². The first kappa shape index (κ1) is 16.0. The van der Waals surface area contributed by atoms with Gasteiger partial charge in [0.25, 0.3) is 0 Å². The predicted molar refractivity (Wildman–Crippen MR) is 80.1 cm³/mol. The van der Waals surface area contributed by atoms with Crippen LogP contribution >= 0.6 is 11.6 Å². The lowest BCUT2D eigenvalue weighted by Gasteiger charge is -2.22. The zero-order valence-corrected chi connectivity index (χ0v) is 13.2. The second kappa shape index (κ2) is 6.94. The summed E-state index contributed by atoms with van der Waals surface area (Å²) in [5.74, 6) is 1.17. The van der Waals surface area contributed by atoms with E-state index in [9.17, 15) is 0 Å². The van der Waals surface area contributed by atoms with Crippen LogP contribution in [0.2, 0.25) is 0 Å². The van der Waals surface area contributed by atoms with E-state index in [0.717, 1.165) is 12.1 Å². The Morgan fingerprint density at radius 2 is 2.05 bits per heavy atom. The lowest BCUT2D eigenvalue weighted by molar-refractivity contribution is 0.326. The van der Waals surface area contributed by atoms with Crippen molar-refractivity contribution >= 4 is 17.5 Å². The van der Waals surface area contributed by atoms with Crippen LogP contribution in [0, 0.1) is 12.3 Å². The molecule has 0 radical (unpaired) electrons. The minimum atomic E-state index is 0.0552. The molecule has 0 aromatic carbocycles. The van der Waals surface area contributed by atoms with Crippen molar-refractivity contribution < 1.29 is 4.74 Å². The van der Waals surface area contributed by atoms with Crippen molar-refractivity contribution in [2.24, 2.45) is 5.41 Å². The summed E-state index contributed by atoms with van der Waals surface area (Å²) < 4.78 is 5.39. The third-order valence-corrected chi connectivity index (χ3v) is 2.75. The Hall–Kier alpha value is -1.03. The number of hydrogen-bond acceptors (Lipinski definition) is 4. The Labute approximate surface area is 120 Å². The Balaban J connectivity index is 2.57. The Kier molecular flexibility index (Phi) is 5.85. The van der Waals surface area contributed by atoms with Crippen LogP contribution in [0.3, 0.4) is 0 Å². The van der Waals surface area contributed by atoms with E-state index in [1.54, 1.807) is 0 Å². The normalized spacial score (nSPS) is 13.2. The Morgan fingerprint density at radius 3 is 2.63 bits per heavy atom. The maximum atomic E-state index is 6.31. The number of aryl methyl sites for hydroxylation is 1. The molecule has 4 nitrogen and oxygen atoms in total. The van der Waals surface area contributed by atoms with Gasteiger partial charge in [0.2, 0.25) is 11.8 Å². The first-order valence-electron chi connectivity index (χ1n) is 6.66. The molecular formula is C14H24ClN3O. The first-order chi connectivity index (χ1) is 8.80. The number of ether oxygens (including phenoxy) is 1. The van der Waals surface area contributed by atoms with Crippen LogP contribution in [-0.2, 0) is 0 Å². The second-order valence-electron chi connectivity index (χ2n) is 5.85. The molecule has 1 atom stereocenters. The van der Waals surface area contributed by atoms with Gasteiger partial charge in [-0.15, -0.1) is 11.6 Å². The Bertz CT molecular complexity index is 404. The van der Waals surface area contributed by atoms with Crippen molar-refractivity contribution in [2.75, 3.05) is 18.5 Å². The lowest BCUT2D eigenvalue weighted by atomic mass is 9.90. The summed E-state index contributed by atoms with van der Waals surface area (Å²) >= 11 is 6.31. The number of alkyl halides is 1. The largest absolute Gasteiger partial charge is 0.478 e. The highest BCUT2D eigenvalue weighted by Gasteiger charge is 2.17. The second-order valence-corrected chi connectivity index (χ2v) is 6.46. The zero-order chi connectivity index (χ0) is 14.5. The van der Waals surface area contributed by atoms with E-state index in [4.69, 9.17) is 16.3 Å². The molecule has 19 heavy (non-hydrogen) atoms. The molecular weight excluding hydrogens is 262 g/mol. The topological polar surface area (TPSA) is 47.0 Å². The van der Waals surface area contributed by atoms with Crippen molar-refractivity contribution in [2.45, 2.75) is 46.4 Å². The molecule has 1 N–H and O–H groups in total. The van der Waals surface area contributed by atoms with Crippen molar-refractivity contribution in [3.8, 4) is 5.88 Å². The molecule has 1 aromatic heterocycles. The van der Waals surface area contributed by atoms with E-state index >= 15 is 0 Å². The summed E-state index contributed by atoms with van der Waals surface area (Å²) in [5, 5.41) is 3.23. The smallest absolute Gasteiger partial charge is 0.226 e. The highest BCUT2D eigenvalue weighted by atomic mass is 35.5. The standard InChI is InChI=1S/C14H24ClN3O/c1-6-19-12-7-10(2)17-13(18-12)16-9-11(15)8-14(3,4)5/h7,11H,6,8-9H2,1-5H3,(H,16,17,18). The van der Waals surface area contributed by atoms with Gasteiger partial charge in [-0.25, -0.2) is 4.98 Å². The zero-order valence-electron chi connectivity index (χ0n) is 12.5. The number of aromatic nitrogens is 2. The van der Waals surface area contributed by atoms with E-state index in [-0.39, 0.29) is 10.8 Å². The fourth-order valence-electron chi connectivity index (χ4n) is 1.78. The molecule has 1 unspecified atom stereocenters. The Morgan fingerprint density at radius 1 is 1.37 bits per heavy atom. The first-order valence-corrected chi connectivity index (χ1v) is 7.10. The van der Waals surface area contributed by atoms with Gasteiger partial charge in [-0.05, 0) is 25.7 Å². The van der Waals surface area contributed by atoms with E-state index < -0.39 is 0 Å². The summed E-state index contributed by atoms with van der Waals surface area (Å²) in [6.07, 6.45) is 0.936. The van der Waals surface area contributed by atoms with Gasteiger partial charge < -0.3 is 10.1 Å². The summed E-state index contributed by atoms with van der Waals surface area (Å²) in [6.45, 7) is 11.6. The van der Waals surface area contributed by atoms with Crippen molar-refractivity contribution in [1.82, 2.24) is 9.97 Å². The molecule has 0 fully saturated rings. The van der Waals surface area contributed by atoms with E-state index in [2.05, 4.69) is 36.1 Å². The van der Waals surface area contributed by atoms with Crippen LogP contribution < -0.4 is 10.1 Å². The van der Waals surface area contributed by atoms with Crippen LogP contribution in [0.4, 0.5) is 5.95 Å². The van der Waals surface area contributed by atoms with Crippen LogP contribution in [-0.4, -0.2) is 28.5 Å². The fourth-order valence-corrected chi connectivity index (χ4v) is 2.32. The number of halogens is 1. The monoisotopic (exact) mass is 285 g/mol. The molecule has 0 saturated heterocycles. The number of anilines is 1. The van der Waals surface area contributed by atoms with Crippen molar-refractivity contribution in [3.05, 3.63) is 11.8 Å². The van der Waals surface area contributed by atoms with Crippen LogP contribution in [0.5, 0.6) is 5.88 Å². The molecule has 0 aliphatic rings. The molecule has 0 aliphatic carbocycles. The molecule has 0 bridgehead atoms. The lowest BCUT2D eigenvalue weighted by Crippen LogP contribution is -2.21. The van der Waals surface area contributed by atoms with Gasteiger partial charge >= 0.3 is 0 Å². The van der Waals surface area contributed by atoms with Gasteiger partial charge in [0.1, 0.15) is 0 Å². The maximum absolute atomic E-state index is 6.31. The maximum Gasteiger partial charge on any atom is 0.226 e. The van der Waals surface area contributed by atoms with E-state index in [1.165, 1.54) is 0 Å². The average molecular weight is 286 g/mol. The summed E-state index contributed by atoms with van der Waals surface area (Å²) in [7, 11) is 0. The molecule has 0 amide bonds. The molecule has 108 valence electrons. The number of nitrogens with zero attached hydrogens (tertiary/aromatic N) is 2. The van der Waals surface area contributed by atoms with Crippen LogP contribution in [0.1, 0.15) is 39.8 Å². The number of hydrogen-bond donors (Lipinski definition) is 1. The highest BCUT2D eigenvalue weighted by molar-refractivity contribution is 6.20. The van der Waals surface area contributed by atoms with E-state index in [0.29, 0.717) is 25.0 Å². The fraction of sp³-hybridized carbons (Fsp3) is 0.714. The SMILES string of the molecule is CCOc1cc(C)nc(NCC(Cl)CC(C)(C)C)n1. The highest BCUT2D eigenvalue weighted by Crippen LogP contribution is 2.23. The molecule has 5 heteroatoms. The minimum Gasteiger partial charge on any atom is -0.478 e. The molecule has 0 aliphatic heterocycles. The van der Waals surface area contributed by atoms with Crippen LogP contribution in [0.25, 0.3) is 0 Å². The molecule has 0 saturated carbocycles. The molecule has 1 heterocycles. The summed E-state index contributed by atoms with van der Waals surface area (Å²) in [4.78, 5) is 8.61. The predicted octanol–water partition coefficient (Wildman–Crippen LogP) is 3.64. The molecule has 1 rings (SSSR count). The number of nitrogens with one attached hydrogen (secondary N) is 1. The number of rotatable bonds is 6. The van der Waals surface area contributed by atoms with Gasteiger partial charge in [-0.2, -0.15) is 4.98 Å². The van der Waals surface area contributed by atoms with Gasteiger partial charge in [0.15, 0.2) is 0 Å². The van der Waals surface area contributed by atoms with Crippen molar-refractivity contribution in [3.63, 3.8) is 0 Å². The molecule has 1 aromatic rings. The summed E-state index contributed by atoms with van der Waals surface area (Å²) in [5.41, 5.74) is 1.10. The van der Waals surface area contributed by atoms with Crippen LogP contribution in [0.15, 0.2) is 6.07 Å². The van der Waals surface area contributed by atoms with Crippen molar-refractivity contribution in [1.29, 1.82) is 0 Å².